The van der Waals surface area contributed by atoms with Gasteiger partial charge in [0.25, 0.3) is 5.69 Å². The Kier molecular flexibility index (Phi) is 5.66. The standard InChI is InChI=1S/C23H20BFN2O8/c25-17-7-11(4-5-18(17)29)19-9-15-20-16(6-12(10-28)21(15)24(32)35-19)22(30)26(23(20)31)13-2-1-3-14(8-13)27(33)34/h1-5,7-8,15-16,19-20,28-29,32H,6,9-10H2/t15-,16-,19-,20+/m0/s1. The highest BCUT2D eigenvalue weighted by Gasteiger charge is 2.58. The minimum absolute atomic E-state index is 0.0297. The monoisotopic (exact) mass is 482 g/mol. The van der Waals surface area contributed by atoms with Crippen LogP contribution in [0.4, 0.5) is 15.8 Å². The number of nitro benzene ring substituents is 1. The first-order chi connectivity index (χ1) is 16.7. The molecule has 12 heteroatoms. The van der Waals surface area contributed by atoms with E-state index in [0.29, 0.717) is 16.6 Å². The van der Waals surface area contributed by atoms with Crippen molar-refractivity contribution in [3.8, 4) is 5.75 Å². The van der Waals surface area contributed by atoms with Gasteiger partial charge in [-0.2, -0.15) is 0 Å². The fourth-order valence-corrected chi connectivity index (χ4v) is 5.50. The Balaban J connectivity index is 1.54. The van der Waals surface area contributed by atoms with Crippen LogP contribution in [-0.2, 0) is 14.2 Å². The molecule has 0 unspecified atom stereocenters. The van der Waals surface area contributed by atoms with Gasteiger partial charge < -0.3 is 19.9 Å². The van der Waals surface area contributed by atoms with Crippen molar-refractivity contribution in [2.75, 3.05) is 11.5 Å². The third-order valence-electron chi connectivity index (χ3n) is 7.04. The van der Waals surface area contributed by atoms with Crippen LogP contribution in [0.25, 0.3) is 0 Å². The molecule has 3 aliphatic rings. The lowest BCUT2D eigenvalue weighted by Gasteiger charge is -2.41. The lowest BCUT2D eigenvalue weighted by molar-refractivity contribution is -0.384. The molecule has 0 spiro atoms. The van der Waals surface area contributed by atoms with Crippen molar-refractivity contribution < 1.29 is 38.8 Å². The lowest BCUT2D eigenvalue weighted by atomic mass is 9.55. The van der Waals surface area contributed by atoms with E-state index in [2.05, 4.69) is 0 Å². The van der Waals surface area contributed by atoms with Crippen LogP contribution in [0.3, 0.4) is 0 Å². The number of phenols is 1. The second-order valence-electron chi connectivity index (χ2n) is 8.87. The molecular formula is C23H20BFN2O8. The Morgan fingerprint density at radius 2 is 1.94 bits per heavy atom. The summed E-state index contributed by atoms with van der Waals surface area (Å²) in [6.07, 6.45) is -0.701. The number of hydrogen-bond donors (Lipinski definition) is 3. The molecule has 1 aliphatic carbocycles. The van der Waals surface area contributed by atoms with E-state index in [0.717, 1.165) is 23.1 Å². The number of aliphatic hydroxyl groups is 1. The van der Waals surface area contributed by atoms with Gasteiger partial charge in [0.05, 0.1) is 35.2 Å². The Morgan fingerprint density at radius 1 is 1.17 bits per heavy atom. The summed E-state index contributed by atoms with van der Waals surface area (Å²) >= 11 is 0. The largest absolute Gasteiger partial charge is 0.505 e. The van der Waals surface area contributed by atoms with Crippen LogP contribution in [0.5, 0.6) is 5.75 Å². The Morgan fingerprint density at radius 3 is 2.63 bits per heavy atom. The van der Waals surface area contributed by atoms with E-state index in [-0.39, 0.29) is 24.2 Å². The molecule has 2 heterocycles. The zero-order chi connectivity index (χ0) is 25.0. The van der Waals surface area contributed by atoms with Crippen molar-refractivity contribution in [3.05, 3.63) is 75.0 Å². The summed E-state index contributed by atoms with van der Waals surface area (Å²) in [6, 6.07) is 8.88. The van der Waals surface area contributed by atoms with E-state index in [4.69, 9.17) is 4.65 Å². The topological polar surface area (TPSA) is 150 Å². The molecule has 35 heavy (non-hydrogen) atoms. The molecule has 2 aromatic carbocycles. The van der Waals surface area contributed by atoms with Gasteiger partial charge >= 0.3 is 7.12 Å². The van der Waals surface area contributed by atoms with Gasteiger partial charge in [0, 0.05) is 12.1 Å². The summed E-state index contributed by atoms with van der Waals surface area (Å²) in [5.41, 5.74) is 0.843. The van der Waals surface area contributed by atoms with E-state index in [9.17, 15) is 39.3 Å². The number of fused-ring (bicyclic) bond motifs is 3. The number of carbonyl (C=O) groups is 2. The van der Waals surface area contributed by atoms with Crippen LogP contribution in [-0.4, -0.2) is 45.7 Å². The van der Waals surface area contributed by atoms with Gasteiger partial charge in [0.2, 0.25) is 11.8 Å². The minimum Gasteiger partial charge on any atom is -0.505 e. The third-order valence-corrected chi connectivity index (χ3v) is 7.04. The predicted molar refractivity (Wildman–Crippen MR) is 119 cm³/mol. The fraction of sp³-hybridized carbons (Fsp3) is 0.304. The maximum Gasteiger partial charge on any atom is 0.487 e. The summed E-state index contributed by atoms with van der Waals surface area (Å²) in [6.45, 7) is -0.452. The van der Waals surface area contributed by atoms with Crippen LogP contribution >= 0.6 is 0 Å². The highest BCUT2D eigenvalue weighted by atomic mass is 19.1. The third kappa shape index (κ3) is 3.70. The number of aromatic hydroxyl groups is 1. The molecule has 2 aliphatic heterocycles. The Labute approximate surface area is 198 Å². The predicted octanol–water partition coefficient (Wildman–Crippen LogP) is 2.04. The van der Waals surface area contributed by atoms with Crippen LogP contribution in [0.1, 0.15) is 24.5 Å². The van der Waals surface area contributed by atoms with E-state index >= 15 is 0 Å². The maximum atomic E-state index is 14.0. The molecule has 0 saturated carbocycles. The average Bonchev–Trinajstić information content (AvgIpc) is 3.09. The number of amides is 2. The normalized spacial score (nSPS) is 26.1. The number of halogens is 1. The molecule has 10 nitrogen and oxygen atoms in total. The van der Waals surface area contributed by atoms with Gasteiger partial charge in [-0.1, -0.05) is 12.1 Å². The molecule has 0 aromatic heterocycles. The first-order valence-corrected chi connectivity index (χ1v) is 11.0. The van der Waals surface area contributed by atoms with Crippen molar-refractivity contribution >= 4 is 30.3 Å². The summed E-state index contributed by atoms with van der Waals surface area (Å²) in [5, 5.41) is 41.5. The number of nitrogens with zero attached hydrogens (tertiary/aromatic N) is 2. The summed E-state index contributed by atoms with van der Waals surface area (Å²) in [4.78, 5) is 38.4. The van der Waals surface area contributed by atoms with Crippen molar-refractivity contribution in [2.24, 2.45) is 17.8 Å². The first kappa shape index (κ1) is 23.2. The number of carbonyl (C=O) groups excluding carboxylic acids is 2. The summed E-state index contributed by atoms with van der Waals surface area (Å²) in [5.74, 6) is -4.95. The molecule has 5 rings (SSSR count). The first-order valence-electron chi connectivity index (χ1n) is 11.0. The van der Waals surface area contributed by atoms with E-state index in [1.807, 2.05) is 0 Å². The molecule has 0 bridgehead atoms. The number of phenolic OH excluding ortho intramolecular Hbond substituents is 1. The van der Waals surface area contributed by atoms with Gasteiger partial charge in [-0.15, -0.1) is 0 Å². The zero-order valence-corrected chi connectivity index (χ0v) is 18.2. The van der Waals surface area contributed by atoms with Gasteiger partial charge in [-0.05, 0) is 53.6 Å². The number of rotatable bonds is 4. The molecule has 2 amide bonds. The molecule has 4 atom stereocenters. The number of benzene rings is 2. The number of aliphatic hydroxyl groups excluding tert-OH is 1. The lowest BCUT2D eigenvalue weighted by Crippen LogP contribution is -2.45. The van der Waals surface area contributed by atoms with Crippen LogP contribution in [0, 0.1) is 33.7 Å². The number of hydrogen-bond acceptors (Lipinski definition) is 8. The smallest absolute Gasteiger partial charge is 0.487 e. The van der Waals surface area contributed by atoms with Crippen LogP contribution < -0.4 is 4.90 Å². The van der Waals surface area contributed by atoms with Crippen LogP contribution in [0.2, 0.25) is 0 Å². The summed E-state index contributed by atoms with van der Waals surface area (Å²) < 4.78 is 19.7. The van der Waals surface area contributed by atoms with Crippen molar-refractivity contribution in [1.29, 1.82) is 0 Å². The second-order valence-corrected chi connectivity index (χ2v) is 8.87. The number of imide groups is 1. The van der Waals surface area contributed by atoms with Gasteiger partial charge in [-0.25, -0.2) is 9.29 Å². The number of nitro groups is 1. The van der Waals surface area contributed by atoms with Crippen molar-refractivity contribution in [1.82, 2.24) is 0 Å². The van der Waals surface area contributed by atoms with Gasteiger partial charge in [0.1, 0.15) is 0 Å². The molecular weight excluding hydrogens is 462 g/mol. The SMILES string of the molecule is O=C1[C@H]2[C@H](CC(CO)=C3B(O)O[C@H](c4ccc(O)c(F)c4)C[C@H]32)C(=O)N1c1cccc([N+](=O)[O-])c1. The molecule has 2 fully saturated rings. The molecule has 180 valence electrons. The van der Waals surface area contributed by atoms with E-state index < -0.39 is 65.9 Å². The van der Waals surface area contributed by atoms with Gasteiger partial charge in [-0.3, -0.25) is 19.7 Å². The zero-order valence-electron chi connectivity index (χ0n) is 18.2. The number of allylic oxidation sites excluding steroid dienone is 1. The quantitative estimate of drug-likeness (QED) is 0.259. The molecule has 0 radical (unpaired) electrons. The average molecular weight is 482 g/mol. The number of non-ortho nitro benzene ring substituents is 1. The molecule has 2 aromatic rings. The molecule has 3 N–H and O–H groups in total. The van der Waals surface area contributed by atoms with E-state index in [1.54, 1.807) is 0 Å². The maximum absolute atomic E-state index is 14.0. The Bertz CT molecular complexity index is 1280. The van der Waals surface area contributed by atoms with E-state index in [1.165, 1.54) is 24.3 Å². The second kappa shape index (κ2) is 8.56. The number of anilines is 1. The van der Waals surface area contributed by atoms with Crippen molar-refractivity contribution in [3.63, 3.8) is 0 Å². The highest BCUT2D eigenvalue weighted by Crippen LogP contribution is 2.52. The van der Waals surface area contributed by atoms with Crippen molar-refractivity contribution in [2.45, 2.75) is 18.9 Å². The Hall–Kier alpha value is -3.61. The summed E-state index contributed by atoms with van der Waals surface area (Å²) in [7, 11) is -1.49. The van der Waals surface area contributed by atoms with Crippen LogP contribution in [0.15, 0.2) is 53.5 Å². The highest BCUT2D eigenvalue weighted by molar-refractivity contribution is 6.53. The van der Waals surface area contributed by atoms with Gasteiger partial charge in [0.15, 0.2) is 11.6 Å². The minimum atomic E-state index is -1.49. The molecule has 2 saturated heterocycles. The fourth-order valence-electron chi connectivity index (χ4n) is 5.50.